The zero-order valence-corrected chi connectivity index (χ0v) is 11.2. The van der Waals surface area contributed by atoms with Crippen molar-refractivity contribution in [2.75, 3.05) is 25.0 Å². The number of carbonyl (C=O) groups excluding carboxylic acids is 1. The van der Waals surface area contributed by atoms with Crippen molar-refractivity contribution in [1.29, 1.82) is 0 Å². The first-order chi connectivity index (χ1) is 9.11. The number of anilines is 1. The lowest BCUT2D eigenvalue weighted by Gasteiger charge is -2.31. The highest BCUT2D eigenvalue weighted by atomic mass is 32.1. The third-order valence-corrected chi connectivity index (χ3v) is 4.01. The Morgan fingerprint density at radius 2 is 2.32 bits per heavy atom. The number of hydrogen-bond donors (Lipinski definition) is 3. The molecule has 6 nitrogen and oxygen atoms in total. The molecule has 0 aromatic carbocycles. The van der Waals surface area contributed by atoms with Gasteiger partial charge in [0.2, 0.25) is 0 Å². The monoisotopic (exact) mass is 284 g/mol. The zero-order valence-electron chi connectivity index (χ0n) is 10.3. The van der Waals surface area contributed by atoms with Gasteiger partial charge >= 0.3 is 12.0 Å². The Hall–Kier alpha value is -1.60. The second kappa shape index (κ2) is 6.03. The fourth-order valence-electron chi connectivity index (χ4n) is 2.15. The number of aliphatic hydroxyl groups excluding tert-OH is 1. The summed E-state index contributed by atoms with van der Waals surface area (Å²) >= 11 is 1.19. The maximum atomic E-state index is 12.0. The van der Waals surface area contributed by atoms with Crippen LogP contribution in [0.25, 0.3) is 0 Å². The molecule has 2 rings (SSSR count). The molecule has 1 aliphatic rings. The fraction of sp³-hybridized carbons (Fsp3) is 0.500. The van der Waals surface area contributed by atoms with Crippen molar-refractivity contribution in [3.63, 3.8) is 0 Å². The average molecular weight is 284 g/mol. The average Bonchev–Trinajstić information content (AvgIpc) is 2.87. The van der Waals surface area contributed by atoms with Crippen molar-refractivity contribution in [3.05, 3.63) is 17.0 Å². The van der Waals surface area contributed by atoms with Crippen LogP contribution in [0.1, 0.15) is 23.2 Å². The van der Waals surface area contributed by atoms with Crippen molar-refractivity contribution >= 4 is 28.3 Å². The van der Waals surface area contributed by atoms with Crippen LogP contribution in [0.3, 0.4) is 0 Å². The summed E-state index contributed by atoms with van der Waals surface area (Å²) in [5.41, 5.74) is 0.106. The van der Waals surface area contributed by atoms with Gasteiger partial charge in [0.25, 0.3) is 0 Å². The summed E-state index contributed by atoms with van der Waals surface area (Å²) in [5.74, 6) is -0.940. The molecule has 1 fully saturated rings. The van der Waals surface area contributed by atoms with Crippen molar-refractivity contribution in [2.45, 2.75) is 12.8 Å². The van der Waals surface area contributed by atoms with Crippen LogP contribution in [-0.2, 0) is 0 Å². The maximum Gasteiger partial charge on any atom is 0.338 e. The molecule has 1 unspecified atom stereocenters. The number of aromatic carboxylic acids is 1. The predicted molar refractivity (Wildman–Crippen MR) is 71.7 cm³/mol. The van der Waals surface area contributed by atoms with Gasteiger partial charge in [0.05, 0.1) is 5.56 Å². The van der Waals surface area contributed by atoms with E-state index in [4.69, 9.17) is 10.2 Å². The number of carbonyl (C=O) groups is 2. The number of aliphatic hydroxyl groups is 1. The lowest BCUT2D eigenvalue weighted by atomic mass is 9.99. The van der Waals surface area contributed by atoms with E-state index in [0.717, 1.165) is 12.8 Å². The molecule has 2 amide bonds. The quantitative estimate of drug-likeness (QED) is 0.787. The van der Waals surface area contributed by atoms with Gasteiger partial charge in [-0.1, -0.05) is 0 Å². The summed E-state index contributed by atoms with van der Waals surface area (Å²) in [7, 11) is 0. The smallest absolute Gasteiger partial charge is 0.338 e. The molecule has 1 aromatic rings. The summed E-state index contributed by atoms with van der Waals surface area (Å²) < 4.78 is 0. The van der Waals surface area contributed by atoms with E-state index < -0.39 is 5.97 Å². The number of urea groups is 1. The van der Waals surface area contributed by atoms with E-state index >= 15 is 0 Å². The van der Waals surface area contributed by atoms with E-state index in [0.29, 0.717) is 18.1 Å². The molecule has 0 aliphatic carbocycles. The molecular weight excluding hydrogens is 268 g/mol. The topological polar surface area (TPSA) is 89.9 Å². The second-order valence-corrected chi connectivity index (χ2v) is 5.45. The third-order valence-electron chi connectivity index (χ3n) is 3.18. The number of piperidine rings is 1. The van der Waals surface area contributed by atoms with Gasteiger partial charge in [-0.25, -0.2) is 9.59 Å². The molecule has 7 heteroatoms. The molecule has 2 heterocycles. The highest BCUT2D eigenvalue weighted by Crippen LogP contribution is 2.24. The van der Waals surface area contributed by atoms with Gasteiger partial charge in [-0.2, -0.15) is 0 Å². The molecule has 1 aromatic heterocycles. The minimum Gasteiger partial charge on any atom is -0.478 e. The van der Waals surface area contributed by atoms with Gasteiger partial charge in [-0.15, -0.1) is 11.3 Å². The minimum atomic E-state index is -1.05. The van der Waals surface area contributed by atoms with Crippen LogP contribution in [0.5, 0.6) is 0 Å². The molecule has 0 saturated carbocycles. The first-order valence-electron chi connectivity index (χ1n) is 6.09. The number of rotatable bonds is 3. The first kappa shape index (κ1) is 13.8. The summed E-state index contributed by atoms with van der Waals surface area (Å²) in [6.45, 7) is 1.22. The molecule has 1 atom stereocenters. The van der Waals surface area contributed by atoms with E-state index in [-0.39, 0.29) is 24.1 Å². The molecular formula is C12H16N2O4S. The van der Waals surface area contributed by atoms with Gasteiger partial charge in [0, 0.05) is 19.7 Å². The summed E-state index contributed by atoms with van der Waals surface area (Å²) in [6.07, 6.45) is 1.77. The van der Waals surface area contributed by atoms with Crippen molar-refractivity contribution in [2.24, 2.45) is 5.92 Å². The van der Waals surface area contributed by atoms with Crippen LogP contribution in [-0.4, -0.2) is 46.8 Å². The number of nitrogens with zero attached hydrogens (tertiary/aromatic N) is 1. The van der Waals surface area contributed by atoms with Gasteiger partial charge < -0.3 is 15.1 Å². The van der Waals surface area contributed by atoms with Crippen LogP contribution >= 0.6 is 11.3 Å². The van der Waals surface area contributed by atoms with E-state index in [1.165, 1.54) is 17.4 Å². The van der Waals surface area contributed by atoms with Gasteiger partial charge in [0.1, 0.15) is 5.00 Å². The molecule has 0 spiro atoms. The van der Waals surface area contributed by atoms with Gasteiger partial charge in [-0.3, -0.25) is 5.32 Å². The van der Waals surface area contributed by atoms with Crippen molar-refractivity contribution in [1.82, 2.24) is 4.90 Å². The summed E-state index contributed by atoms with van der Waals surface area (Å²) in [6, 6.07) is 1.16. The second-order valence-electron chi connectivity index (χ2n) is 4.54. The molecule has 0 radical (unpaired) electrons. The third kappa shape index (κ3) is 3.24. The van der Waals surface area contributed by atoms with E-state index in [1.807, 2.05) is 0 Å². The van der Waals surface area contributed by atoms with Crippen LogP contribution in [0.4, 0.5) is 9.80 Å². The number of nitrogens with one attached hydrogen (secondary N) is 1. The van der Waals surface area contributed by atoms with Gasteiger partial charge in [-0.05, 0) is 30.2 Å². The highest BCUT2D eigenvalue weighted by Gasteiger charge is 2.24. The summed E-state index contributed by atoms with van der Waals surface area (Å²) in [5, 5.41) is 22.7. The predicted octanol–water partition coefficient (Wildman–Crippen LogP) is 1.68. The molecule has 104 valence electrons. The Labute approximate surface area is 114 Å². The molecule has 19 heavy (non-hydrogen) atoms. The van der Waals surface area contributed by atoms with E-state index in [2.05, 4.69) is 5.32 Å². The minimum absolute atomic E-state index is 0.0726. The van der Waals surface area contributed by atoms with Crippen LogP contribution in [0.2, 0.25) is 0 Å². The lowest BCUT2D eigenvalue weighted by molar-refractivity contribution is 0.0698. The van der Waals surface area contributed by atoms with E-state index in [9.17, 15) is 9.59 Å². The molecule has 1 saturated heterocycles. The molecule has 1 aliphatic heterocycles. The Morgan fingerprint density at radius 1 is 1.53 bits per heavy atom. The van der Waals surface area contributed by atoms with Crippen LogP contribution in [0, 0.1) is 5.92 Å². The van der Waals surface area contributed by atoms with Crippen LogP contribution in [0.15, 0.2) is 11.4 Å². The molecule has 3 N–H and O–H groups in total. The Kier molecular flexibility index (Phi) is 4.39. The summed E-state index contributed by atoms with van der Waals surface area (Å²) in [4.78, 5) is 24.6. The lowest BCUT2D eigenvalue weighted by Crippen LogP contribution is -2.43. The largest absolute Gasteiger partial charge is 0.478 e. The molecule has 0 bridgehead atoms. The Balaban J connectivity index is 2.00. The number of carboxylic acids is 1. The zero-order chi connectivity index (χ0) is 13.8. The first-order valence-corrected chi connectivity index (χ1v) is 6.97. The number of hydrogen-bond acceptors (Lipinski definition) is 4. The maximum absolute atomic E-state index is 12.0. The van der Waals surface area contributed by atoms with Crippen molar-refractivity contribution in [3.8, 4) is 0 Å². The van der Waals surface area contributed by atoms with Crippen LogP contribution < -0.4 is 5.32 Å². The van der Waals surface area contributed by atoms with Crippen molar-refractivity contribution < 1.29 is 19.8 Å². The number of thiophene rings is 1. The normalized spacial score (nSPS) is 19.2. The standard InChI is InChI=1S/C12H16N2O4S/c15-7-8-2-1-4-14(6-8)12(18)13-10-9(11(16)17)3-5-19-10/h3,5,8,15H,1-2,4,6-7H2,(H,13,18)(H,16,17). The highest BCUT2D eigenvalue weighted by molar-refractivity contribution is 7.14. The Morgan fingerprint density at radius 3 is 3.00 bits per heavy atom. The number of carboxylic acid groups (broad SMARTS) is 1. The number of likely N-dealkylation sites (tertiary alicyclic amines) is 1. The van der Waals surface area contributed by atoms with Gasteiger partial charge in [0.15, 0.2) is 0 Å². The van der Waals surface area contributed by atoms with E-state index in [1.54, 1.807) is 10.3 Å². The SMILES string of the molecule is O=C(O)c1ccsc1NC(=O)N1CCCC(CO)C1. The number of amides is 2. The Bertz CT molecular complexity index is 474. The fourth-order valence-corrected chi connectivity index (χ4v) is 2.92.